The van der Waals surface area contributed by atoms with Crippen LogP contribution in [0.3, 0.4) is 0 Å². The number of aryl methyl sites for hydroxylation is 2. The molecule has 1 fully saturated rings. The van der Waals surface area contributed by atoms with Crippen molar-refractivity contribution < 1.29 is 4.79 Å². The van der Waals surface area contributed by atoms with Crippen LogP contribution in [-0.4, -0.2) is 47.0 Å². The smallest absolute Gasteiger partial charge is 0.253 e. The van der Waals surface area contributed by atoms with Gasteiger partial charge in [-0.3, -0.25) is 4.79 Å². The van der Waals surface area contributed by atoms with Crippen molar-refractivity contribution >= 4 is 11.7 Å². The summed E-state index contributed by atoms with van der Waals surface area (Å²) in [5.74, 6) is 1.79. The van der Waals surface area contributed by atoms with Gasteiger partial charge in [0, 0.05) is 55.0 Å². The molecule has 1 aliphatic heterocycles. The van der Waals surface area contributed by atoms with E-state index >= 15 is 0 Å². The lowest BCUT2D eigenvalue weighted by atomic mass is 10.0. The summed E-state index contributed by atoms with van der Waals surface area (Å²) in [6.45, 7) is 6.91. The van der Waals surface area contributed by atoms with E-state index in [4.69, 9.17) is 9.97 Å². The normalized spacial score (nSPS) is 13.3. The number of carbonyl (C=O) groups excluding carboxylic acids is 1. The van der Waals surface area contributed by atoms with Crippen molar-refractivity contribution in [2.75, 3.05) is 31.1 Å². The molecule has 0 bridgehead atoms. The third kappa shape index (κ3) is 5.90. The van der Waals surface area contributed by atoms with Crippen LogP contribution in [0.2, 0.25) is 0 Å². The summed E-state index contributed by atoms with van der Waals surface area (Å²) in [6, 6.07) is 37.0. The fraction of sp³-hybridized carbons (Fsp3) is 0.194. The van der Waals surface area contributed by atoms with Gasteiger partial charge in [-0.05, 0) is 48.7 Å². The Hall–Kier alpha value is -4.77. The summed E-state index contributed by atoms with van der Waals surface area (Å²) in [4.78, 5) is 27.8. The largest absolute Gasteiger partial charge is 0.353 e. The van der Waals surface area contributed by atoms with Gasteiger partial charge < -0.3 is 9.80 Å². The minimum absolute atomic E-state index is 0.0769. The van der Waals surface area contributed by atoms with Crippen LogP contribution >= 0.6 is 0 Å². The van der Waals surface area contributed by atoms with E-state index in [0.29, 0.717) is 13.1 Å². The molecule has 0 atom stereocenters. The molecule has 204 valence electrons. The van der Waals surface area contributed by atoms with Gasteiger partial charge in [-0.25, -0.2) is 9.97 Å². The summed E-state index contributed by atoms with van der Waals surface area (Å²) in [5, 5.41) is 0. The van der Waals surface area contributed by atoms with Gasteiger partial charge in [0.2, 0.25) is 0 Å². The molecule has 1 aliphatic rings. The van der Waals surface area contributed by atoms with Crippen LogP contribution in [0.1, 0.15) is 32.7 Å². The first-order valence-corrected chi connectivity index (χ1v) is 14.2. The highest BCUT2D eigenvalue weighted by atomic mass is 16.2. The van der Waals surface area contributed by atoms with Crippen molar-refractivity contribution in [2.45, 2.75) is 20.3 Å². The van der Waals surface area contributed by atoms with E-state index in [0.717, 1.165) is 64.7 Å². The molecule has 4 aromatic carbocycles. The van der Waals surface area contributed by atoms with Gasteiger partial charge in [0.1, 0.15) is 5.82 Å². The molecule has 0 N–H and O–H groups in total. The van der Waals surface area contributed by atoms with Crippen LogP contribution in [0.25, 0.3) is 22.5 Å². The summed E-state index contributed by atoms with van der Waals surface area (Å²) in [7, 11) is 0. The minimum Gasteiger partial charge on any atom is -0.353 e. The van der Waals surface area contributed by atoms with Crippen molar-refractivity contribution in [2.24, 2.45) is 0 Å². The highest BCUT2D eigenvalue weighted by Gasteiger charge is 2.26. The number of anilines is 1. The van der Waals surface area contributed by atoms with Crippen molar-refractivity contribution in [3.8, 4) is 22.5 Å². The zero-order valence-corrected chi connectivity index (χ0v) is 23.6. The third-order valence-electron chi connectivity index (χ3n) is 7.80. The van der Waals surface area contributed by atoms with Crippen molar-refractivity contribution in [1.82, 2.24) is 14.9 Å². The molecule has 41 heavy (non-hydrogen) atoms. The molecule has 5 nitrogen and oxygen atoms in total. The van der Waals surface area contributed by atoms with E-state index in [1.807, 2.05) is 53.4 Å². The van der Waals surface area contributed by atoms with Gasteiger partial charge in [-0.2, -0.15) is 0 Å². The number of benzene rings is 4. The van der Waals surface area contributed by atoms with Crippen LogP contribution < -0.4 is 4.90 Å². The maximum atomic E-state index is 13.4. The van der Waals surface area contributed by atoms with E-state index < -0.39 is 0 Å². The van der Waals surface area contributed by atoms with Crippen LogP contribution in [-0.2, 0) is 6.42 Å². The van der Waals surface area contributed by atoms with E-state index in [1.165, 1.54) is 11.1 Å². The first-order chi connectivity index (χ1) is 20.0. The summed E-state index contributed by atoms with van der Waals surface area (Å²) in [6.07, 6.45) is 0.767. The number of piperazine rings is 1. The maximum absolute atomic E-state index is 13.4. The minimum atomic E-state index is 0.0769. The van der Waals surface area contributed by atoms with E-state index in [-0.39, 0.29) is 5.91 Å². The van der Waals surface area contributed by atoms with E-state index in [1.54, 1.807) is 0 Å². The van der Waals surface area contributed by atoms with Crippen molar-refractivity contribution in [3.63, 3.8) is 0 Å². The van der Waals surface area contributed by atoms with E-state index in [2.05, 4.69) is 79.4 Å². The van der Waals surface area contributed by atoms with Crippen molar-refractivity contribution in [1.29, 1.82) is 0 Å². The third-order valence-corrected chi connectivity index (χ3v) is 7.80. The molecule has 1 amide bonds. The predicted molar refractivity (Wildman–Crippen MR) is 166 cm³/mol. The molecular formula is C36H34N4O. The Kier molecular flexibility index (Phi) is 7.59. The molecule has 0 radical (unpaired) electrons. The zero-order valence-electron chi connectivity index (χ0n) is 23.6. The molecule has 2 heterocycles. The number of carbonyl (C=O) groups is 1. The van der Waals surface area contributed by atoms with Crippen LogP contribution in [0.5, 0.6) is 0 Å². The fourth-order valence-corrected chi connectivity index (χ4v) is 5.50. The molecule has 0 aliphatic carbocycles. The number of hydrogen-bond acceptors (Lipinski definition) is 4. The Morgan fingerprint density at radius 2 is 1.32 bits per heavy atom. The molecular weight excluding hydrogens is 504 g/mol. The number of aromatic nitrogens is 2. The summed E-state index contributed by atoms with van der Waals surface area (Å²) >= 11 is 0. The standard InChI is InChI=1S/C36H34N4O/c1-26-10-9-15-32(24-26)34-37-27(2)33(25-28-11-5-3-6-12-28)35(38-34)39-20-22-40(23-21-39)36(41)31-18-16-30(17-19-31)29-13-7-4-8-14-29/h3-19,24H,20-23,25H2,1-2H3. The van der Waals surface area contributed by atoms with Gasteiger partial charge in [-0.1, -0.05) is 96.6 Å². The Bertz CT molecular complexity index is 1640. The quantitative estimate of drug-likeness (QED) is 0.234. The topological polar surface area (TPSA) is 49.3 Å². The first kappa shape index (κ1) is 26.5. The summed E-state index contributed by atoms with van der Waals surface area (Å²) in [5.41, 5.74) is 8.56. The average molecular weight is 539 g/mol. The van der Waals surface area contributed by atoms with Crippen LogP contribution in [0.4, 0.5) is 5.82 Å². The monoisotopic (exact) mass is 538 g/mol. The predicted octanol–water partition coefficient (Wildman–Crippen LogP) is 6.98. The molecule has 1 aromatic heterocycles. The lowest BCUT2D eigenvalue weighted by molar-refractivity contribution is 0.0746. The van der Waals surface area contributed by atoms with Crippen LogP contribution in [0, 0.1) is 13.8 Å². The Morgan fingerprint density at radius 3 is 2.00 bits per heavy atom. The highest BCUT2D eigenvalue weighted by molar-refractivity contribution is 5.95. The Labute approximate surface area is 242 Å². The van der Waals surface area contributed by atoms with Crippen molar-refractivity contribution in [3.05, 3.63) is 137 Å². The number of amides is 1. The van der Waals surface area contributed by atoms with Crippen LogP contribution in [0.15, 0.2) is 109 Å². The summed E-state index contributed by atoms with van der Waals surface area (Å²) < 4.78 is 0. The average Bonchev–Trinajstić information content (AvgIpc) is 3.03. The van der Waals surface area contributed by atoms with E-state index in [9.17, 15) is 4.79 Å². The molecule has 5 aromatic rings. The molecule has 1 saturated heterocycles. The molecule has 0 spiro atoms. The van der Waals surface area contributed by atoms with Gasteiger partial charge in [-0.15, -0.1) is 0 Å². The maximum Gasteiger partial charge on any atom is 0.253 e. The number of hydrogen-bond donors (Lipinski definition) is 0. The fourth-order valence-electron chi connectivity index (χ4n) is 5.50. The Morgan fingerprint density at radius 1 is 0.683 bits per heavy atom. The second-order valence-corrected chi connectivity index (χ2v) is 10.7. The van der Waals surface area contributed by atoms with Gasteiger partial charge >= 0.3 is 0 Å². The molecule has 6 rings (SSSR count). The number of rotatable bonds is 6. The number of nitrogens with zero attached hydrogens (tertiary/aromatic N) is 4. The molecule has 0 saturated carbocycles. The van der Waals surface area contributed by atoms with Gasteiger partial charge in [0.05, 0.1) is 0 Å². The molecule has 0 unspecified atom stereocenters. The first-order valence-electron chi connectivity index (χ1n) is 14.2. The van der Waals surface area contributed by atoms with Gasteiger partial charge in [0.15, 0.2) is 5.82 Å². The Balaban J connectivity index is 1.23. The van der Waals surface area contributed by atoms with Gasteiger partial charge in [0.25, 0.3) is 5.91 Å². The zero-order chi connectivity index (χ0) is 28.2. The highest BCUT2D eigenvalue weighted by Crippen LogP contribution is 2.29. The SMILES string of the molecule is Cc1cccc(-c2nc(C)c(Cc3ccccc3)c(N3CCN(C(=O)c4ccc(-c5ccccc5)cc4)CC3)n2)c1. The second kappa shape index (κ2) is 11.8. The molecule has 5 heteroatoms. The second-order valence-electron chi connectivity index (χ2n) is 10.7. The lowest BCUT2D eigenvalue weighted by Gasteiger charge is -2.36. The lowest BCUT2D eigenvalue weighted by Crippen LogP contribution is -2.49.